The topological polar surface area (TPSA) is 32.8 Å². The van der Waals surface area contributed by atoms with Crippen molar-refractivity contribution in [3.05, 3.63) is 35.4 Å². The van der Waals surface area contributed by atoms with Crippen LogP contribution in [0, 0.1) is 0 Å². The summed E-state index contributed by atoms with van der Waals surface area (Å²) in [5.41, 5.74) is 2.63. The molecule has 2 heterocycles. The van der Waals surface area contributed by atoms with E-state index >= 15 is 0 Å². The van der Waals surface area contributed by atoms with Crippen molar-refractivity contribution in [2.24, 2.45) is 0 Å². The fourth-order valence-corrected chi connectivity index (χ4v) is 3.84. The summed E-state index contributed by atoms with van der Waals surface area (Å²) in [4.78, 5) is 16.9. The number of hydrogen-bond acceptors (Lipinski definition) is 4. The molecule has 0 aromatic heterocycles. The van der Waals surface area contributed by atoms with E-state index in [1.54, 1.807) is 0 Å². The highest BCUT2D eigenvalue weighted by Crippen LogP contribution is 2.26. The normalized spacial score (nSPS) is 25.9. The minimum Gasteiger partial charge on any atom is -0.468 e. The van der Waals surface area contributed by atoms with Crippen molar-refractivity contribution in [1.29, 1.82) is 0 Å². The maximum Gasteiger partial charge on any atom is 0.323 e. The predicted molar refractivity (Wildman–Crippen MR) is 86.6 cm³/mol. The van der Waals surface area contributed by atoms with E-state index in [-0.39, 0.29) is 12.0 Å². The van der Waals surface area contributed by atoms with Gasteiger partial charge in [-0.05, 0) is 50.4 Å². The van der Waals surface area contributed by atoms with E-state index in [0.29, 0.717) is 6.04 Å². The molecule has 1 aromatic rings. The van der Waals surface area contributed by atoms with Crippen LogP contribution in [0.1, 0.15) is 30.4 Å². The first kappa shape index (κ1) is 15.5. The second-order valence-electron chi connectivity index (χ2n) is 6.55. The molecule has 2 aliphatic rings. The van der Waals surface area contributed by atoms with Gasteiger partial charge in [0.2, 0.25) is 0 Å². The molecule has 1 fully saturated rings. The number of carbonyl (C=O) groups is 1. The monoisotopic (exact) mass is 302 g/mol. The van der Waals surface area contributed by atoms with Crippen molar-refractivity contribution < 1.29 is 9.53 Å². The Labute approximate surface area is 133 Å². The van der Waals surface area contributed by atoms with Crippen molar-refractivity contribution in [3.8, 4) is 0 Å². The number of fused-ring (bicyclic) bond motifs is 1. The minimum absolute atomic E-state index is 0.103. The van der Waals surface area contributed by atoms with E-state index in [0.717, 1.165) is 25.9 Å². The van der Waals surface area contributed by atoms with Gasteiger partial charge in [-0.3, -0.25) is 9.69 Å². The van der Waals surface area contributed by atoms with E-state index in [1.165, 1.54) is 37.6 Å². The molecule has 0 radical (unpaired) electrons. The predicted octanol–water partition coefficient (Wildman–Crippen LogP) is 2.07. The van der Waals surface area contributed by atoms with Gasteiger partial charge in [0.1, 0.15) is 6.04 Å². The van der Waals surface area contributed by atoms with Crippen LogP contribution in [-0.2, 0) is 22.5 Å². The van der Waals surface area contributed by atoms with Gasteiger partial charge in [0.05, 0.1) is 7.11 Å². The highest BCUT2D eigenvalue weighted by Gasteiger charge is 2.33. The molecule has 0 spiro atoms. The minimum atomic E-state index is -0.133. The first-order chi connectivity index (χ1) is 10.7. The molecule has 0 aliphatic carbocycles. The molecule has 2 atom stereocenters. The lowest BCUT2D eigenvalue weighted by molar-refractivity contribution is -0.147. The smallest absolute Gasteiger partial charge is 0.323 e. The molecule has 4 nitrogen and oxygen atoms in total. The third kappa shape index (κ3) is 3.18. The Balaban J connectivity index is 1.70. The molecule has 4 heteroatoms. The summed E-state index contributed by atoms with van der Waals surface area (Å²) in [6.07, 6.45) is 4.48. The molecule has 22 heavy (non-hydrogen) atoms. The lowest BCUT2D eigenvalue weighted by atomic mass is 9.93. The molecule has 0 unspecified atom stereocenters. The zero-order valence-electron chi connectivity index (χ0n) is 13.6. The maximum absolute atomic E-state index is 12.2. The Morgan fingerprint density at radius 1 is 1.32 bits per heavy atom. The van der Waals surface area contributed by atoms with E-state index in [4.69, 9.17) is 4.74 Å². The standard InChI is InChI=1S/C18H26N2O2/c1-19-10-5-8-16(19)9-11-20-13-15-7-4-3-6-14(15)12-17(20)18(21)22-2/h3-4,6-7,16-17H,5,8-13H2,1-2H3/t16-,17-/m1/s1. The molecule has 0 saturated carbocycles. The molecule has 1 aromatic carbocycles. The SMILES string of the molecule is COC(=O)[C@H]1Cc2ccccc2CN1CC[C@H]1CCCN1C. The molecule has 1 saturated heterocycles. The molecule has 2 aliphatic heterocycles. The average molecular weight is 302 g/mol. The fraction of sp³-hybridized carbons (Fsp3) is 0.611. The molecular formula is C18H26N2O2. The quantitative estimate of drug-likeness (QED) is 0.797. The Morgan fingerprint density at radius 2 is 2.09 bits per heavy atom. The largest absolute Gasteiger partial charge is 0.468 e. The molecular weight excluding hydrogens is 276 g/mol. The van der Waals surface area contributed by atoms with E-state index in [9.17, 15) is 4.79 Å². The second kappa shape index (κ2) is 6.80. The number of methoxy groups -OCH3 is 1. The van der Waals surface area contributed by atoms with Crippen LogP contribution in [0.4, 0.5) is 0 Å². The summed E-state index contributed by atoms with van der Waals surface area (Å²) in [5.74, 6) is -0.103. The lowest BCUT2D eigenvalue weighted by Gasteiger charge is -2.36. The summed E-state index contributed by atoms with van der Waals surface area (Å²) in [6.45, 7) is 3.02. The summed E-state index contributed by atoms with van der Waals surface area (Å²) in [6, 6.07) is 8.98. The van der Waals surface area contributed by atoms with Crippen molar-refractivity contribution in [1.82, 2.24) is 9.80 Å². The Bertz CT molecular complexity index is 532. The maximum atomic E-state index is 12.2. The van der Waals surface area contributed by atoms with Crippen LogP contribution in [0.5, 0.6) is 0 Å². The zero-order valence-corrected chi connectivity index (χ0v) is 13.6. The summed E-state index contributed by atoms with van der Waals surface area (Å²) >= 11 is 0. The number of hydrogen-bond donors (Lipinski definition) is 0. The van der Waals surface area contributed by atoms with Gasteiger partial charge < -0.3 is 9.64 Å². The number of nitrogens with zero attached hydrogens (tertiary/aromatic N) is 2. The van der Waals surface area contributed by atoms with Crippen LogP contribution in [-0.4, -0.2) is 55.1 Å². The third-order valence-corrected chi connectivity index (χ3v) is 5.24. The van der Waals surface area contributed by atoms with Gasteiger partial charge in [0.15, 0.2) is 0 Å². The molecule has 0 N–H and O–H groups in total. The number of esters is 1. The lowest BCUT2D eigenvalue weighted by Crippen LogP contribution is -2.47. The van der Waals surface area contributed by atoms with Crippen LogP contribution in [0.25, 0.3) is 0 Å². The van der Waals surface area contributed by atoms with Gasteiger partial charge in [-0.15, -0.1) is 0 Å². The third-order valence-electron chi connectivity index (χ3n) is 5.24. The number of benzene rings is 1. The summed E-state index contributed by atoms with van der Waals surface area (Å²) in [5, 5.41) is 0. The average Bonchev–Trinajstić information content (AvgIpc) is 2.96. The fourth-order valence-electron chi connectivity index (χ4n) is 3.84. The Hall–Kier alpha value is -1.39. The van der Waals surface area contributed by atoms with E-state index in [1.807, 2.05) is 0 Å². The van der Waals surface area contributed by atoms with Crippen molar-refractivity contribution in [2.75, 3.05) is 27.2 Å². The van der Waals surface area contributed by atoms with Crippen molar-refractivity contribution >= 4 is 5.97 Å². The van der Waals surface area contributed by atoms with Gasteiger partial charge >= 0.3 is 5.97 Å². The van der Waals surface area contributed by atoms with Crippen LogP contribution in [0.15, 0.2) is 24.3 Å². The number of ether oxygens (including phenoxy) is 1. The number of rotatable bonds is 4. The van der Waals surface area contributed by atoms with Gasteiger partial charge in [0.25, 0.3) is 0 Å². The van der Waals surface area contributed by atoms with Gasteiger partial charge in [-0.25, -0.2) is 0 Å². The first-order valence-corrected chi connectivity index (χ1v) is 8.28. The summed E-state index contributed by atoms with van der Waals surface area (Å²) < 4.78 is 5.04. The van der Waals surface area contributed by atoms with Crippen molar-refractivity contribution in [2.45, 2.75) is 44.3 Å². The first-order valence-electron chi connectivity index (χ1n) is 8.28. The van der Waals surface area contributed by atoms with Gasteiger partial charge in [-0.2, -0.15) is 0 Å². The van der Waals surface area contributed by atoms with E-state index in [2.05, 4.69) is 41.1 Å². The van der Waals surface area contributed by atoms with Crippen LogP contribution < -0.4 is 0 Å². The molecule has 0 bridgehead atoms. The highest BCUT2D eigenvalue weighted by molar-refractivity contribution is 5.76. The zero-order chi connectivity index (χ0) is 15.5. The summed E-state index contributed by atoms with van der Waals surface area (Å²) in [7, 11) is 3.70. The van der Waals surface area contributed by atoms with Gasteiger partial charge in [-0.1, -0.05) is 24.3 Å². The molecule has 120 valence electrons. The molecule has 0 amide bonds. The second-order valence-corrected chi connectivity index (χ2v) is 6.55. The molecule has 3 rings (SSSR count). The number of carbonyl (C=O) groups excluding carboxylic acids is 1. The highest BCUT2D eigenvalue weighted by atomic mass is 16.5. The number of likely N-dealkylation sites (tertiary alicyclic amines) is 1. The Kier molecular flexibility index (Phi) is 4.79. The van der Waals surface area contributed by atoms with E-state index < -0.39 is 0 Å². The Morgan fingerprint density at radius 3 is 2.77 bits per heavy atom. The van der Waals surface area contributed by atoms with Crippen LogP contribution in [0.3, 0.4) is 0 Å². The van der Waals surface area contributed by atoms with Crippen LogP contribution in [0.2, 0.25) is 0 Å². The van der Waals surface area contributed by atoms with Crippen molar-refractivity contribution in [3.63, 3.8) is 0 Å². The van der Waals surface area contributed by atoms with Crippen LogP contribution >= 0.6 is 0 Å². The van der Waals surface area contributed by atoms with Gasteiger partial charge in [0, 0.05) is 19.1 Å².